The Hall–Kier alpha value is -11.3. The van der Waals surface area contributed by atoms with Gasteiger partial charge in [-0.05, 0) is 113 Å². The molecule has 0 fully saturated rings. The maximum absolute atomic E-state index is 15.4. The molecule has 0 bridgehead atoms. The first-order chi connectivity index (χ1) is 55.2. The number of amides is 14. The first kappa shape index (κ1) is 95.3. The summed E-state index contributed by atoms with van der Waals surface area (Å²) in [6.45, 7) is 2.24. The van der Waals surface area contributed by atoms with Crippen molar-refractivity contribution in [3.05, 3.63) is 138 Å². The van der Waals surface area contributed by atoms with E-state index in [2.05, 4.69) is 99.4 Å². The van der Waals surface area contributed by atoms with Crippen molar-refractivity contribution in [2.24, 2.45) is 22.9 Å². The highest BCUT2D eigenvalue weighted by Gasteiger charge is 2.39. The third-order valence-corrected chi connectivity index (χ3v) is 18.9. The molecule has 1 aromatic heterocycles. The molecule has 0 aliphatic rings. The van der Waals surface area contributed by atoms with Crippen molar-refractivity contribution < 1.29 is 97.5 Å². The number of rotatable bonds is 50. The number of thiol groups is 2. The van der Waals surface area contributed by atoms with Gasteiger partial charge in [-0.3, -0.25) is 67.1 Å². The van der Waals surface area contributed by atoms with Gasteiger partial charge in [-0.2, -0.15) is 25.3 Å². The van der Waals surface area contributed by atoms with E-state index in [4.69, 9.17) is 22.9 Å². The molecule has 0 unspecified atom stereocenters. The van der Waals surface area contributed by atoms with Gasteiger partial charge in [-0.15, -0.1) is 0 Å². The predicted molar refractivity (Wildman–Crippen MR) is 429 cm³/mol. The summed E-state index contributed by atoms with van der Waals surface area (Å²) in [4.78, 5) is 211. The lowest BCUT2D eigenvalue weighted by Crippen LogP contribution is -2.63. The Morgan fingerprint density at radius 1 is 0.422 bits per heavy atom. The maximum Gasteiger partial charge on any atom is 0.327 e. The normalized spacial score (nSPS) is 15.0. The van der Waals surface area contributed by atoms with E-state index in [1.165, 1.54) is 31.2 Å². The highest BCUT2D eigenvalue weighted by Crippen LogP contribution is 2.21. The van der Waals surface area contributed by atoms with Crippen LogP contribution in [0, 0.1) is 0 Å². The molecular formula is C76H106N18O20S2. The van der Waals surface area contributed by atoms with Gasteiger partial charge in [-0.1, -0.05) is 91.0 Å². The van der Waals surface area contributed by atoms with Crippen molar-refractivity contribution >= 4 is 125 Å². The molecule has 5 aromatic rings. The number of primary amides is 1. The first-order valence-corrected chi connectivity index (χ1v) is 38.6. The maximum atomic E-state index is 15.4. The van der Waals surface area contributed by atoms with Gasteiger partial charge in [0.1, 0.15) is 78.3 Å². The molecule has 4 aromatic carbocycles. The van der Waals surface area contributed by atoms with Crippen LogP contribution in [0.25, 0.3) is 10.9 Å². The van der Waals surface area contributed by atoms with Crippen molar-refractivity contribution in [2.45, 2.75) is 182 Å². The van der Waals surface area contributed by atoms with Gasteiger partial charge in [0.05, 0.1) is 37.8 Å². The lowest BCUT2D eigenvalue weighted by Gasteiger charge is -2.29. The number of aromatic hydroxyl groups is 1. The van der Waals surface area contributed by atoms with Gasteiger partial charge >= 0.3 is 5.97 Å². The molecular weight excluding hydrogens is 1550 g/mol. The van der Waals surface area contributed by atoms with Crippen molar-refractivity contribution in [2.75, 3.05) is 37.7 Å². The number of carbonyl (C=O) groups is 15. The molecule has 0 radical (unpaired) electrons. The number of aliphatic hydroxyl groups excluding tert-OH is 3. The number of fused-ring (bicyclic) bond motifs is 1. The number of hydrogen-bond acceptors (Lipinski definition) is 24. The number of aliphatic hydroxyl groups is 3. The van der Waals surface area contributed by atoms with Crippen LogP contribution in [0.15, 0.2) is 115 Å². The number of unbranched alkanes of at least 4 members (excludes halogenated alkanes) is 2. The SMILES string of the molecule is C[C@H](N)C(=O)NCC(=O)N[C@@H](CS)C(=O)N[C@@H](CCCCN)C(=O)N[C@@H](CC(N)=O)C(=O)N[C@@H](Cc1ccccc1)C(=O)N[C@@H](Cc1ccccc1)C(=O)N[C@@H](Cc1c[nH]c2ccccc12)C(=O)N[C@@H](CCCCN)C(=O)N[C@H](C(=O)N[C@@H](Cc1ccc(O)cc1)C(=O)N[C@H](C(=O)N[C@@H](CO)C(=O)N[C@@H](CS)C(=O)O)[C@@H](C)O)[C@@H](C)O. The van der Waals surface area contributed by atoms with Crippen LogP contribution in [0.5, 0.6) is 5.75 Å². The number of phenolic OH excluding ortho intramolecular Hbond substituents is 1. The van der Waals surface area contributed by atoms with Gasteiger partial charge in [0.15, 0.2) is 0 Å². The molecule has 38 nitrogen and oxygen atoms in total. The van der Waals surface area contributed by atoms with E-state index in [-0.39, 0.29) is 87.3 Å². The smallest absolute Gasteiger partial charge is 0.327 e. The molecule has 15 atom stereocenters. The number of benzene rings is 4. The summed E-state index contributed by atoms with van der Waals surface area (Å²) >= 11 is 8.08. The fraction of sp³-hybridized carbons (Fsp3) is 0.461. The van der Waals surface area contributed by atoms with Gasteiger partial charge in [-0.25, -0.2) is 4.79 Å². The number of para-hydroxylation sites is 1. The number of carbonyl (C=O) groups excluding carboxylic acids is 14. The Balaban J connectivity index is 1.48. The summed E-state index contributed by atoms with van der Waals surface area (Å²) in [7, 11) is 0. The molecule has 27 N–H and O–H groups in total. The van der Waals surface area contributed by atoms with Gasteiger partial charge in [0.25, 0.3) is 0 Å². The summed E-state index contributed by atoms with van der Waals surface area (Å²) in [6.07, 6.45) is -3.29. The fourth-order valence-electron chi connectivity index (χ4n) is 11.8. The Morgan fingerprint density at radius 2 is 0.793 bits per heavy atom. The van der Waals surface area contributed by atoms with Crippen LogP contribution in [-0.4, -0.2) is 248 Å². The van der Waals surface area contributed by atoms with Gasteiger partial charge < -0.3 is 123 Å². The van der Waals surface area contributed by atoms with Crippen molar-refractivity contribution in [1.82, 2.24) is 74.1 Å². The van der Waals surface area contributed by atoms with Crippen LogP contribution in [-0.2, 0) is 97.6 Å². The zero-order valence-corrected chi connectivity index (χ0v) is 66.0. The van der Waals surface area contributed by atoms with Crippen LogP contribution >= 0.6 is 25.3 Å². The topological polar surface area (TPSA) is 633 Å². The van der Waals surface area contributed by atoms with E-state index in [0.29, 0.717) is 34.0 Å². The fourth-order valence-corrected chi connectivity index (χ4v) is 12.3. The number of phenols is 1. The van der Waals surface area contributed by atoms with Crippen LogP contribution in [0.3, 0.4) is 0 Å². The van der Waals surface area contributed by atoms with Crippen LogP contribution in [0.2, 0.25) is 0 Å². The number of aromatic amines is 1. The van der Waals surface area contributed by atoms with E-state index in [0.717, 1.165) is 13.8 Å². The molecule has 0 spiro atoms. The lowest BCUT2D eigenvalue weighted by molar-refractivity contribution is -0.142. The molecule has 632 valence electrons. The number of hydrogen-bond donors (Lipinski definition) is 25. The van der Waals surface area contributed by atoms with Crippen molar-refractivity contribution in [3.63, 3.8) is 0 Å². The van der Waals surface area contributed by atoms with Crippen LogP contribution < -0.4 is 92.1 Å². The number of nitrogens with one attached hydrogen (secondary N) is 14. The number of nitrogens with two attached hydrogens (primary N) is 4. The number of carboxylic acid groups (broad SMARTS) is 1. The second-order valence-electron chi connectivity index (χ2n) is 27.6. The Labute approximate surface area is 679 Å². The van der Waals surface area contributed by atoms with Gasteiger partial charge in [0, 0.05) is 54.3 Å². The number of H-pyrrole nitrogens is 1. The third kappa shape index (κ3) is 31.5. The zero-order valence-electron chi connectivity index (χ0n) is 64.2. The minimum absolute atomic E-state index is 0.0821. The van der Waals surface area contributed by atoms with E-state index in [9.17, 15) is 83.1 Å². The summed E-state index contributed by atoms with van der Waals surface area (Å²) < 4.78 is 0. The molecule has 5 rings (SSSR count). The summed E-state index contributed by atoms with van der Waals surface area (Å²) in [5.74, 6) is -16.8. The minimum Gasteiger partial charge on any atom is -0.508 e. The summed E-state index contributed by atoms with van der Waals surface area (Å²) in [5, 5.41) is 84.2. The second-order valence-corrected chi connectivity index (χ2v) is 28.3. The van der Waals surface area contributed by atoms with Crippen molar-refractivity contribution in [1.29, 1.82) is 0 Å². The Kier molecular flexibility index (Phi) is 40.1. The lowest BCUT2D eigenvalue weighted by atomic mass is 10.00. The molecule has 116 heavy (non-hydrogen) atoms. The molecule has 14 amide bonds. The largest absolute Gasteiger partial charge is 0.508 e. The Morgan fingerprint density at radius 3 is 1.23 bits per heavy atom. The second kappa shape index (κ2) is 48.8. The quantitative estimate of drug-likeness (QED) is 0.0127. The van der Waals surface area contributed by atoms with Gasteiger partial charge in [0.2, 0.25) is 82.7 Å². The molecule has 0 aliphatic heterocycles. The summed E-state index contributed by atoms with van der Waals surface area (Å²) in [5.41, 5.74) is 25.2. The summed E-state index contributed by atoms with van der Waals surface area (Å²) in [6, 6.07) is 7.70. The average Bonchev–Trinajstić information content (AvgIpc) is 1.59. The van der Waals surface area contributed by atoms with E-state index in [1.54, 1.807) is 91.1 Å². The first-order valence-electron chi connectivity index (χ1n) is 37.4. The predicted octanol–water partition coefficient (Wildman–Crippen LogP) is -5.74. The standard InChI is InChI=1S/C76H106N18O20S2/c1-40(79)64(101)82-36-61(100)83-58(38-115)73(110)85-50(22-12-14-28-77)65(102)89-56(34-60(80)99)70(107)87-52(30-43-16-6-4-7-17-43)67(104)86-53(31-44-18-8-5-9-19-44)68(105)88-55(33-46-35-81-49-21-11-10-20-48(46)49)69(106)84-51(23-13-15-29-78)66(103)93-62(41(2)96)74(111)90-54(32-45-24-26-47(98)27-25-45)71(108)94-63(42(3)97)75(112)91-57(37-95)72(109)92-59(39-116)76(113)114/h4-11,16-21,24-27,35,40-42,50-59,62-63,81,95-98,115-116H,12-15,22-23,28-34,36-39,77-79H2,1-3H3,(H2,80,99)(H,82,101)(H,83,100)(H,84,106)(H,85,110)(H,86,104)(H,87,107)(H,88,105)(H,89,102)(H,90,111)(H,91,112)(H,92,109)(H,93,103)(H,94,108)(H,113,114)/t40-,41+,42+,50-,51-,52-,53-,54-,55-,56-,57-,58-,59-,62-,63-/m0/s1. The Bertz CT molecular complexity index is 4150. The van der Waals surface area contributed by atoms with Crippen molar-refractivity contribution in [3.8, 4) is 5.75 Å². The highest BCUT2D eigenvalue weighted by molar-refractivity contribution is 7.80. The molecule has 0 aliphatic carbocycles. The minimum atomic E-state index is -1.95. The zero-order chi connectivity index (χ0) is 85.7. The van der Waals surface area contributed by atoms with Crippen LogP contribution in [0.1, 0.15) is 88.0 Å². The number of carboxylic acids is 1. The highest BCUT2D eigenvalue weighted by atomic mass is 32.1. The van der Waals surface area contributed by atoms with E-state index in [1.807, 2.05) is 0 Å². The van der Waals surface area contributed by atoms with E-state index >= 15 is 14.4 Å². The van der Waals surface area contributed by atoms with E-state index < -0.39 is 205 Å². The van der Waals surface area contributed by atoms with Crippen LogP contribution in [0.4, 0.5) is 0 Å². The molecule has 0 saturated carbocycles. The average molecular weight is 1660 g/mol. The number of aromatic nitrogens is 1. The molecule has 40 heteroatoms. The molecule has 0 saturated heterocycles. The third-order valence-electron chi connectivity index (χ3n) is 18.2. The monoisotopic (exact) mass is 1650 g/mol. The molecule has 1 heterocycles. The number of aliphatic carboxylic acids is 1.